The number of primary amides is 2. The summed E-state index contributed by atoms with van der Waals surface area (Å²) in [5.41, 5.74) is 11.9. The minimum absolute atomic E-state index is 0.0403. The fourth-order valence-corrected chi connectivity index (χ4v) is 2.41. The molecule has 0 bridgehead atoms. The zero-order valence-electron chi connectivity index (χ0n) is 10.9. The number of hydrogen-bond acceptors (Lipinski definition) is 4. The molecule has 2 rings (SSSR count). The van der Waals surface area contributed by atoms with Crippen molar-refractivity contribution in [3.8, 4) is 0 Å². The average molecular weight is 262 g/mol. The van der Waals surface area contributed by atoms with Crippen LogP contribution in [0.3, 0.4) is 0 Å². The van der Waals surface area contributed by atoms with Gasteiger partial charge < -0.3 is 16.4 Å². The van der Waals surface area contributed by atoms with Crippen molar-refractivity contribution in [1.82, 2.24) is 4.98 Å². The maximum atomic E-state index is 11.1. The zero-order valence-corrected chi connectivity index (χ0v) is 10.9. The summed E-state index contributed by atoms with van der Waals surface area (Å²) >= 11 is 0. The molecular formula is C13H18N4O2. The van der Waals surface area contributed by atoms with E-state index in [0.29, 0.717) is 5.56 Å². The molecule has 0 spiro atoms. The second-order valence-corrected chi connectivity index (χ2v) is 4.89. The number of amides is 2. The third-order valence-corrected chi connectivity index (χ3v) is 3.53. The molecule has 1 saturated heterocycles. The molecule has 0 radical (unpaired) electrons. The molecule has 0 aliphatic carbocycles. The topological polar surface area (TPSA) is 102 Å². The third kappa shape index (κ3) is 2.83. The number of pyridine rings is 1. The van der Waals surface area contributed by atoms with Gasteiger partial charge in [-0.2, -0.15) is 0 Å². The van der Waals surface area contributed by atoms with Crippen molar-refractivity contribution in [2.45, 2.75) is 19.8 Å². The van der Waals surface area contributed by atoms with Crippen LogP contribution in [0, 0.1) is 12.8 Å². The van der Waals surface area contributed by atoms with Gasteiger partial charge in [-0.1, -0.05) is 0 Å². The van der Waals surface area contributed by atoms with E-state index in [4.69, 9.17) is 11.5 Å². The Kier molecular flexibility index (Phi) is 3.69. The molecule has 2 amide bonds. The molecule has 1 aliphatic rings. The molecule has 0 unspecified atom stereocenters. The predicted octanol–water partition coefficient (Wildman–Crippen LogP) is 0.191. The molecule has 19 heavy (non-hydrogen) atoms. The molecule has 1 aliphatic heterocycles. The highest BCUT2D eigenvalue weighted by atomic mass is 16.1. The molecule has 102 valence electrons. The van der Waals surface area contributed by atoms with Crippen LogP contribution in [0.25, 0.3) is 0 Å². The first-order chi connectivity index (χ1) is 8.99. The monoisotopic (exact) mass is 262 g/mol. The molecule has 0 atom stereocenters. The summed E-state index contributed by atoms with van der Waals surface area (Å²) in [6, 6.07) is 1.74. The quantitative estimate of drug-likeness (QED) is 0.811. The summed E-state index contributed by atoms with van der Waals surface area (Å²) in [5.74, 6) is 0.0948. The van der Waals surface area contributed by atoms with Gasteiger partial charge in [0.2, 0.25) is 11.8 Å². The smallest absolute Gasteiger partial charge is 0.250 e. The summed E-state index contributed by atoms with van der Waals surface area (Å²) in [6.07, 6.45) is 2.98. The Bertz CT molecular complexity index is 507. The van der Waals surface area contributed by atoms with Crippen LogP contribution in [0.2, 0.25) is 0 Å². The van der Waals surface area contributed by atoms with E-state index in [1.807, 2.05) is 6.92 Å². The van der Waals surface area contributed by atoms with Gasteiger partial charge >= 0.3 is 0 Å². The summed E-state index contributed by atoms with van der Waals surface area (Å²) in [7, 11) is 0. The van der Waals surface area contributed by atoms with Crippen LogP contribution in [-0.4, -0.2) is 29.9 Å². The second-order valence-electron chi connectivity index (χ2n) is 4.89. The number of piperidine rings is 1. The molecule has 6 heteroatoms. The number of aryl methyl sites for hydroxylation is 1. The molecule has 6 nitrogen and oxygen atoms in total. The number of anilines is 1. The molecule has 0 aromatic carbocycles. The second kappa shape index (κ2) is 5.26. The van der Waals surface area contributed by atoms with Crippen LogP contribution in [-0.2, 0) is 4.79 Å². The van der Waals surface area contributed by atoms with E-state index < -0.39 is 5.91 Å². The number of aromatic nitrogens is 1. The molecule has 0 saturated carbocycles. The van der Waals surface area contributed by atoms with Crippen LogP contribution < -0.4 is 16.4 Å². The molecule has 4 N–H and O–H groups in total. The van der Waals surface area contributed by atoms with Crippen molar-refractivity contribution < 1.29 is 9.59 Å². The number of hydrogen-bond donors (Lipinski definition) is 2. The van der Waals surface area contributed by atoms with Crippen molar-refractivity contribution in [2.24, 2.45) is 17.4 Å². The Labute approximate surface area is 111 Å². The summed E-state index contributed by atoms with van der Waals surface area (Å²) in [4.78, 5) is 28.6. The summed E-state index contributed by atoms with van der Waals surface area (Å²) in [5, 5.41) is 0. The maximum absolute atomic E-state index is 11.1. The van der Waals surface area contributed by atoms with E-state index in [2.05, 4.69) is 9.88 Å². The lowest BCUT2D eigenvalue weighted by Gasteiger charge is -2.32. The maximum Gasteiger partial charge on any atom is 0.250 e. The van der Waals surface area contributed by atoms with E-state index in [9.17, 15) is 9.59 Å². The Balaban J connectivity index is 2.11. The Morgan fingerprint density at radius 2 is 1.95 bits per heavy atom. The number of nitrogens with zero attached hydrogens (tertiary/aromatic N) is 2. The van der Waals surface area contributed by atoms with E-state index >= 15 is 0 Å². The standard InChI is InChI=1S/C13H18N4O2/c1-8-6-10(12(15)19)7-16-13(8)17-4-2-9(3-5-17)11(14)18/h6-7,9H,2-5H2,1H3,(H2,14,18)(H2,15,19). The van der Waals surface area contributed by atoms with Crippen LogP contribution in [0.5, 0.6) is 0 Å². The zero-order chi connectivity index (χ0) is 14.0. The third-order valence-electron chi connectivity index (χ3n) is 3.53. The highest BCUT2D eigenvalue weighted by Gasteiger charge is 2.24. The fourth-order valence-electron chi connectivity index (χ4n) is 2.41. The highest BCUT2D eigenvalue weighted by molar-refractivity contribution is 5.92. The van der Waals surface area contributed by atoms with Gasteiger partial charge in [0.25, 0.3) is 0 Å². The lowest BCUT2D eigenvalue weighted by atomic mass is 9.96. The SMILES string of the molecule is Cc1cc(C(N)=O)cnc1N1CCC(C(N)=O)CC1. The lowest BCUT2D eigenvalue weighted by molar-refractivity contribution is -0.122. The van der Waals surface area contributed by atoms with Gasteiger partial charge in [-0.3, -0.25) is 9.59 Å². The van der Waals surface area contributed by atoms with E-state index in [1.165, 1.54) is 6.20 Å². The van der Waals surface area contributed by atoms with Gasteiger partial charge in [0.1, 0.15) is 5.82 Å². The number of carbonyl (C=O) groups is 2. The van der Waals surface area contributed by atoms with Crippen LogP contribution in [0.1, 0.15) is 28.8 Å². The van der Waals surface area contributed by atoms with E-state index in [1.54, 1.807) is 6.07 Å². The summed E-state index contributed by atoms with van der Waals surface area (Å²) < 4.78 is 0. The van der Waals surface area contributed by atoms with Crippen molar-refractivity contribution in [3.05, 3.63) is 23.4 Å². The van der Waals surface area contributed by atoms with E-state index in [-0.39, 0.29) is 11.8 Å². The molecular weight excluding hydrogens is 244 g/mol. The minimum atomic E-state index is -0.477. The average Bonchev–Trinajstić information content (AvgIpc) is 2.38. The van der Waals surface area contributed by atoms with Gasteiger partial charge in [-0.05, 0) is 31.4 Å². The van der Waals surface area contributed by atoms with Gasteiger partial charge in [-0.15, -0.1) is 0 Å². The Hall–Kier alpha value is -2.11. The number of carbonyl (C=O) groups excluding carboxylic acids is 2. The van der Waals surface area contributed by atoms with Crippen molar-refractivity contribution in [2.75, 3.05) is 18.0 Å². The Morgan fingerprint density at radius 3 is 2.42 bits per heavy atom. The number of rotatable bonds is 3. The first-order valence-corrected chi connectivity index (χ1v) is 6.29. The van der Waals surface area contributed by atoms with Crippen molar-refractivity contribution in [1.29, 1.82) is 0 Å². The van der Waals surface area contributed by atoms with Crippen LogP contribution in [0.4, 0.5) is 5.82 Å². The van der Waals surface area contributed by atoms with Crippen molar-refractivity contribution in [3.63, 3.8) is 0 Å². The first kappa shape index (κ1) is 13.3. The normalized spacial score (nSPS) is 16.4. The minimum Gasteiger partial charge on any atom is -0.369 e. The molecule has 1 fully saturated rings. The van der Waals surface area contributed by atoms with Gasteiger partial charge in [0.05, 0.1) is 5.56 Å². The Morgan fingerprint density at radius 1 is 1.32 bits per heavy atom. The summed E-state index contributed by atoms with van der Waals surface area (Å²) in [6.45, 7) is 3.39. The largest absolute Gasteiger partial charge is 0.369 e. The van der Waals surface area contributed by atoms with Crippen LogP contribution in [0.15, 0.2) is 12.3 Å². The van der Waals surface area contributed by atoms with Gasteiger partial charge in [0.15, 0.2) is 0 Å². The predicted molar refractivity (Wildman–Crippen MR) is 71.6 cm³/mol. The highest BCUT2D eigenvalue weighted by Crippen LogP contribution is 2.24. The van der Waals surface area contributed by atoms with Crippen molar-refractivity contribution >= 4 is 17.6 Å². The molecule has 2 heterocycles. The fraction of sp³-hybridized carbons (Fsp3) is 0.462. The first-order valence-electron chi connectivity index (χ1n) is 6.29. The molecule has 1 aromatic heterocycles. The number of nitrogens with two attached hydrogens (primary N) is 2. The van der Waals surface area contributed by atoms with Gasteiger partial charge in [0, 0.05) is 25.2 Å². The van der Waals surface area contributed by atoms with Gasteiger partial charge in [-0.25, -0.2) is 4.98 Å². The molecule has 1 aromatic rings. The van der Waals surface area contributed by atoms with E-state index in [0.717, 1.165) is 37.3 Å². The lowest BCUT2D eigenvalue weighted by Crippen LogP contribution is -2.39. The van der Waals surface area contributed by atoms with Crippen LogP contribution >= 0.6 is 0 Å².